The molecule has 0 bridgehead atoms. The lowest BCUT2D eigenvalue weighted by atomic mass is 10.2. The van der Waals surface area contributed by atoms with Crippen LogP contribution < -0.4 is 10.6 Å². The van der Waals surface area contributed by atoms with Gasteiger partial charge in [0.1, 0.15) is 0 Å². The Bertz CT molecular complexity index is 673. The zero-order chi connectivity index (χ0) is 15.4. The predicted octanol–water partition coefficient (Wildman–Crippen LogP) is 2.52. The average Bonchev–Trinajstić information content (AvgIpc) is 2.43. The third-order valence-corrected chi connectivity index (χ3v) is 2.83. The highest BCUT2D eigenvalue weighted by Gasteiger charge is 2.15. The number of carbonyl (C=O) groups excluding carboxylic acids is 1. The molecule has 0 unspecified atom stereocenters. The maximum atomic E-state index is 11.7. The number of anilines is 2. The Morgan fingerprint density at radius 1 is 1.10 bits per heavy atom. The summed E-state index contributed by atoms with van der Waals surface area (Å²) in [5, 5.41) is 20.6. The van der Waals surface area contributed by atoms with E-state index in [-0.39, 0.29) is 27.2 Å². The third-order valence-electron chi connectivity index (χ3n) is 2.24. The highest BCUT2D eigenvalue weighted by atomic mass is 35.5. The van der Waals surface area contributed by atoms with Crippen LogP contribution in [0.15, 0.2) is 24.5 Å². The predicted molar refractivity (Wildman–Crippen MR) is 75.9 cm³/mol. The van der Waals surface area contributed by atoms with Gasteiger partial charge in [0.15, 0.2) is 0 Å². The zero-order valence-electron chi connectivity index (χ0n) is 10.2. The number of aromatic nitrogens is 3. The van der Waals surface area contributed by atoms with E-state index in [2.05, 4.69) is 25.8 Å². The smallest absolute Gasteiger partial charge is 0.335 e. The molecule has 21 heavy (non-hydrogen) atoms. The molecule has 10 heteroatoms. The number of carboxylic acid groups (broad SMARTS) is 1. The number of nitrogens with zero attached hydrogens (tertiary/aromatic N) is 3. The molecular formula is C11H7Cl2N5O3. The van der Waals surface area contributed by atoms with Gasteiger partial charge in [-0.1, -0.05) is 23.2 Å². The first-order valence-corrected chi connectivity index (χ1v) is 6.17. The highest BCUT2D eigenvalue weighted by Crippen LogP contribution is 2.31. The molecule has 2 aromatic rings. The Kier molecular flexibility index (Phi) is 4.51. The van der Waals surface area contributed by atoms with Crippen LogP contribution in [-0.2, 0) is 0 Å². The van der Waals surface area contributed by atoms with Crippen molar-refractivity contribution in [2.24, 2.45) is 0 Å². The van der Waals surface area contributed by atoms with E-state index in [0.29, 0.717) is 0 Å². The van der Waals surface area contributed by atoms with E-state index < -0.39 is 12.0 Å². The number of aromatic carboxylic acids is 1. The van der Waals surface area contributed by atoms with Crippen molar-refractivity contribution in [3.63, 3.8) is 0 Å². The van der Waals surface area contributed by atoms with Gasteiger partial charge in [0, 0.05) is 0 Å². The molecule has 0 saturated carbocycles. The van der Waals surface area contributed by atoms with E-state index >= 15 is 0 Å². The second-order valence-corrected chi connectivity index (χ2v) is 4.48. The molecule has 1 aromatic carbocycles. The number of amides is 2. The maximum absolute atomic E-state index is 11.7. The van der Waals surface area contributed by atoms with Gasteiger partial charge in [-0.25, -0.2) is 14.6 Å². The first-order chi connectivity index (χ1) is 9.97. The summed E-state index contributed by atoms with van der Waals surface area (Å²) in [6.45, 7) is 0. The topological polar surface area (TPSA) is 117 Å². The van der Waals surface area contributed by atoms with Crippen molar-refractivity contribution in [2.45, 2.75) is 0 Å². The van der Waals surface area contributed by atoms with Gasteiger partial charge in [-0.3, -0.25) is 5.32 Å². The summed E-state index contributed by atoms with van der Waals surface area (Å²) in [6, 6.07) is 1.65. The van der Waals surface area contributed by atoms with Crippen LogP contribution in [0.5, 0.6) is 0 Å². The van der Waals surface area contributed by atoms with Gasteiger partial charge < -0.3 is 10.4 Å². The van der Waals surface area contributed by atoms with Crippen molar-refractivity contribution in [3.8, 4) is 0 Å². The van der Waals surface area contributed by atoms with Gasteiger partial charge >= 0.3 is 12.0 Å². The minimum Gasteiger partial charge on any atom is -0.478 e. The second-order valence-electron chi connectivity index (χ2n) is 3.67. The third kappa shape index (κ3) is 3.77. The van der Waals surface area contributed by atoms with Crippen LogP contribution in [-0.4, -0.2) is 32.3 Å². The molecule has 0 spiro atoms. The largest absolute Gasteiger partial charge is 0.478 e. The number of carboxylic acids is 1. The molecule has 2 rings (SSSR count). The lowest BCUT2D eigenvalue weighted by Crippen LogP contribution is -2.21. The highest BCUT2D eigenvalue weighted by molar-refractivity contribution is 6.40. The molecule has 0 radical (unpaired) electrons. The van der Waals surface area contributed by atoms with Crippen LogP contribution in [0.3, 0.4) is 0 Å². The van der Waals surface area contributed by atoms with Crippen LogP contribution in [0.2, 0.25) is 10.0 Å². The van der Waals surface area contributed by atoms with Gasteiger partial charge in [0.2, 0.25) is 0 Å². The monoisotopic (exact) mass is 327 g/mol. The fraction of sp³-hybridized carbons (Fsp3) is 0. The molecule has 1 aromatic heterocycles. The number of hydrogen-bond donors (Lipinski definition) is 3. The molecule has 3 N–H and O–H groups in total. The summed E-state index contributed by atoms with van der Waals surface area (Å²) in [7, 11) is 0. The number of halogens is 2. The van der Waals surface area contributed by atoms with Crippen molar-refractivity contribution in [1.29, 1.82) is 0 Å². The average molecular weight is 328 g/mol. The van der Waals surface area contributed by atoms with E-state index in [1.165, 1.54) is 24.5 Å². The molecule has 0 fully saturated rings. The van der Waals surface area contributed by atoms with Crippen molar-refractivity contribution < 1.29 is 14.7 Å². The molecule has 2 amide bonds. The van der Waals surface area contributed by atoms with E-state index in [4.69, 9.17) is 28.3 Å². The van der Waals surface area contributed by atoms with Crippen molar-refractivity contribution >= 4 is 46.8 Å². The standard InChI is InChI=1S/C11H7Cl2N5O3/c12-6-3-5(9(19)20)4-7(13)8(6)16-11(21)17-10-14-1-2-15-18-10/h1-4H,(H,19,20)(H2,14,16,17,18,21). The van der Waals surface area contributed by atoms with Crippen molar-refractivity contribution in [2.75, 3.05) is 10.6 Å². The first kappa shape index (κ1) is 14.9. The fourth-order valence-electron chi connectivity index (χ4n) is 1.37. The summed E-state index contributed by atoms with van der Waals surface area (Å²) < 4.78 is 0. The molecule has 0 aliphatic heterocycles. The number of rotatable bonds is 3. The van der Waals surface area contributed by atoms with Gasteiger partial charge in [-0.15, -0.1) is 5.10 Å². The van der Waals surface area contributed by atoms with Crippen molar-refractivity contribution in [3.05, 3.63) is 40.1 Å². The summed E-state index contributed by atoms with van der Waals surface area (Å²) in [5.41, 5.74) is -0.0173. The van der Waals surface area contributed by atoms with Crippen LogP contribution in [0, 0.1) is 0 Å². The zero-order valence-corrected chi connectivity index (χ0v) is 11.7. The maximum Gasteiger partial charge on any atom is 0.335 e. The number of nitrogens with one attached hydrogen (secondary N) is 2. The Labute approximate surface area is 128 Å². The SMILES string of the molecule is O=C(Nc1nccnn1)Nc1c(Cl)cc(C(=O)O)cc1Cl. The Balaban J connectivity index is 2.16. The van der Waals surface area contributed by atoms with E-state index in [0.717, 1.165) is 0 Å². The lowest BCUT2D eigenvalue weighted by Gasteiger charge is -2.10. The molecule has 8 nitrogen and oxygen atoms in total. The summed E-state index contributed by atoms with van der Waals surface area (Å²) in [6.07, 6.45) is 2.70. The number of urea groups is 1. The van der Waals surface area contributed by atoms with E-state index in [1.807, 2.05) is 0 Å². The molecule has 0 aliphatic carbocycles. The normalized spacial score (nSPS) is 10.0. The Morgan fingerprint density at radius 2 is 1.76 bits per heavy atom. The minimum atomic E-state index is -1.18. The number of benzene rings is 1. The van der Waals surface area contributed by atoms with Gasteiger partial charge in [-0.2, -0.15) is 5.10 Å². The molecule has 0 saturated heterocycles. The number of hydrogen-bond acceptors (Lipinski definition) is 5. The first-order valence-electron chi connectivity index (χ1n) is 5.41. The van der Waals surface area contributed by atoms with Crippen LogP contribution in [0.1, 0.15) is 10.4 Å². The Morgan fingerprint density at radius 3 is 2.29 bits per heavy atom. The fourth-order valence-corrected chi connectivity index (χ4v) is 1.95. The summed E-state index contributed by atoms with van der Waals surface area (Å²) in [4.78, 5) is 26.3. The van der Waals surface area contributed by atoms with Gasteiger partial charge in [0.05, 0.1) is 33.7 Å². The minimum absolute atomic E-state index is 0.00981. The van der Waals surface area contributed by atoms with Crippen molar-refractivity contribution in [1.82, 2.24) is 15.2 Å². The molecule has 0 atom stereocenters. The van der Waals surface area contributed by atoms with Crippen LogP contribution in [0.4, 0.5) is 16.4 Å². The van der Waals surface area contributed by atoms with Gasteiger partial charge in [-0.05, 0) is 12.1 Å². The summed E-state index contributed by atoms with van der Waals surface area (Å²) in [5.74, 6) is -1.19. The number of carbonyl (C=O) groups is 2. The quantitative estimate of drug-likeness (QED) is 0.797. The molecule has 108 valence electrons. The van der Waals surface area contributed by atoms with E-state index in [1.54, 1.807) is 0 Å². The Hall–Kier alpha value is -2.45. The van der Waals surface area contributed by atoms with Crippen LogP contribution in [0.25, 0.3) is 0 Å². The van der Waals surface area contributed by atoms with E-state index in [9.17, 15) is 9.59 Å². The molecular weight excluding hydrogens is 321 g/mol. The lowest BCUT2D eigenvalue weighted by molar-refractivity contribution is 0.0697. The second kappa shape index (κ2) is 6.33. The van der Waals surface area contributed by atoms with Gasteiger partial charge in [0.25, 0.3) is 5.95 Å². The van der Waals surface area contributed by atoms with Crippen LogP contribution >= 0.6 is 23.2 Å². The molecule has 0 aliphatic rings. The molecule has 1 heterocycles. The summed E-state index contributed by atoms with van der Waals surface area (Å²) >= 11 is 11.8.